The van der Waals surface area contributed by atoms with Gasteiger partial charge in [0.2, 0.25) is 0 Å². The monoisotopic (exact) mass is 340 g/mol. The number of carbonyl (C=O) groups is 2. The average Bonchev–Trinajstić information content (AvgIpc) is 3.05. The molecule has 24 heavy (non-hydrogen) atoms. The van der Waals surface area contributed by atoms with Gasteiger partial charge in [0.15, 0.2) is 0 Å². The second-order valence-corrected chi connectivity index (χ2v) is 6.49. The maximum atomic E-state index is 12.4. The molecule has 0 saturated carbocycles. The van der Waals surface area contributed by atoms with Crippen molar-refractivity contribution in [2.24, 2.45) is 0 Å². The number of carbonyl (C=O) groups excluding carboxylic acids is 2. The molecule has 1 atom stereocenters. The summed E-state index contributed by atoms with van der Waals surface area (Å²) in [6.07, 6.45) is 0. The van der Waals surface area contributed by atoms with Crippen LogP contribution < -0.4 is 10.8 Å². The van der Waals surface area contributed by atoms with Crippen LogP contribution in [-0.2, 0) is 0 Å². The third kappa shape index (κ3) is 3.29. The summed E-state index contributed by atoms with van der Waals surface area (Å²) in [5, 5.41) is 12.6. The van der Waals surface area contributed by atoms with Gasteiger partial charge in [-0.1, -0.05) is 30.3 Å². The molecule has 0 aliphatic rings. The maximum Gasteiger partial charge on any atom is 0.274 e. The van der Waals surface area contributed by atoms with Crippen LogP contribution in [0.25, 0.3) is 10.1 Å². The summed E-state index contributed by atoms with van der Waals surface area (Å²) in [7, 11) is 0. The van der Waals surface area contributed by atoms with Crippen LogP contribution in [0.1, 0.15) is 38.6 Å². The number of hydroxylamine groups is 1. The van der Waals surface area contributed by atoms with Crippen LogP contribution >= 0.6 is 11.3 Å². The molecular formula is C18H16N2O3S. The van der Waals surface area contributed by atoms with E-state index in [0.717, 1.165) is 15.6 Å². The molecule has 3 aromatic rings. The van der Waals surface area contributed by atoms with Gasteiger partial charge in [-0.25, -0.2) is 5.48 Å². The fourth-order valence-electron chi connectivity index (χ4n) is 2.43. The van der Waals surface area contributed by atoms with Crippen molar-refractivity contribution in [3.63, 3.8) is 0 Å². The van der Waals surface area contributed by atoms with Crippen LogP contribution in [0.3, 0.4) is 0 Å². The first-order chi connectivity index (χ1) is 11.6. The Balaban J connectivity index is 1.72. The highest BCUT2D eigenvalue weighted by atomic mass is 32.1. The number of thiophene rings is 1. The van der Waals surface area contributed by atoms with Crippen LogP contribution in [0.4, 0.5) is 0 Å². The van der Waals surface area contributed by atoms with Gasteiger partial charge < -0.3 is 5.32 Å². The normalized spacial score (nSPS) is 11.9. The van der Waals surface area contributed by atoms with Gasteiger partial charge in [-0.2, -0.15) is 0 Å². The van der Waals surface area contributed by atoms with E-state index in [1.165, 1.54) is 11.3 Å². The van der Waals surface area contributed by atoms with E-state index in [0.29, 0.717) is 10.4 Å². The summed E-state index contributed by atoms with van der Waals surface area (Å²) in [6.45, 7) is 1.88. The van der Waals surface area contributed by atoms with Crippen molar-refractivity contribution >= 4 is 33.2 Å². The van der Waals surface area contributed by atoms with E-state index in [4.69, 9.17) is 5.21 Å². The lowest BCUT2D eigenvalue weighted by Gasteiger charge is -2.14. The molecule has 0 fully saturated rings. The first-order valence-corrected chi connectivity index (χ1v) is 8.24. The smallest absolute Gasteiger partial charge is 0.274 e. The van der Waals surface area contributed by atoms with Crippen LogP contribution in [0, 0.1) is 0 Å². The van der Waals surface area contributed by atoms with Crippen LogP contribution in [0.15, 0.2) is 54.6 Å². The minimum absolute atomic E-state index is 0.124. The average molecular weight is 340 g/mol. The van der Waals surface area contributed by atoms with Gasteiger partial charge in [-0.3, -0.25) is 14.8 Å². The number of rotatable bonds is 4. The lowest BCUT2D eigenvalue weighted by molar-refractivity contribution is 0.0706. The predicted octanol–water partition coefficient (Wildman–Crippen LogP) is 3.51. The Morgan fingerprint density at radius 2 is 1.75 bits per heavy atom. The van der Waals surface area contributed by atoms with E-state index in [1.807, 2.05) is 37.3 Å². The number of hydrogen-bond donors (Lipinski definition) is 3. The number of hydrogen-bond acceptors (Lipinski definition) is 4. The minimum Gasteiger partial charge on any atom is -0.345 e. The summed E-state index contributed by atoms with van der Waals surface area (Å²) in [4.78, 5) is 24.4. The zero-order chi connectivity index (χ0) is 17.1. The van der Waals surface area contributed by atoms with Gasteiger partial charge >= 0.3 is 0 Å². The highest BCUT2D eigenvalue weighted by molar-refractivity contribution is 7.20. The van der Waals surface area contributed by atoms with Crippen LogP contribution in [0.5, 0.6) is 0 Å². The highest BCUT2D eigenvalue weighted by Gasteiger charge is 2.14. The molecule has 3 rings (SSSR count). The Hall–Kier alpha value is -2.70. The fourth-order valence-corrected chi connectivity index (χ4v) is 3.40. The fraction of sp³-hybridized carbons (Fsp3) is 0.111. The van der Waals surface area contributed by atoms with Crippen LogP contribution in [0.2, 0.25) is 0 Å². The number of benzene rings is 2. The van der Waals surface area contributed by atoms with Gasteiger partial charge in [0, 0.05) is 10.3 Å². The van der Waals surface area contributed by atoms with Gasteiger partial charge in [-0.05, 0) is 42.1 Å². The van der Waals surface area contributed by atoms with E-state index in [2.05, 4.69) is 5.32 Å². The Kier molecular flexibility index (Phi) is 4.59. The molecular weight excluding hydrogens is 324 g/mol. The summed E-state index contributed by atoms with van der Waals surface area (Å²) in [5.74, 6) is -0.690. The molecule has 122 valence electrons. The molecule has 0 radical (unpaired) electrons. The molecule has 0 unspecified atom stereocenters. The topological polar surface area (TPSA) is 78.4 Å². The molecule has 6 heteroatoms. The predicted molar refractivity (Wildman–Crippen MR) is 93.4 cm³/mol. The SMILES string of the molecule is C[C@@H](NC(=O)c1cc2ccccc2s1)c1ccc(C(=O)NO)cc1. The number of fused-ring (bicyclic) bond motifs is 1. The second kappa shape index (κ2) is 6.82. The summed E-state index contributed by atoms with van der Waals surface area (Å²) < 4.78 is 1.08. The molecule has 5 nitrogen and oxygen atoms in total. The third-order valence-corrected chi connectivity index (χ3v) is 4.89. The van der Waals surface area contributed by atoms with Gasteiger partial charge in [0.1, 0.15) is 0 Å². The quantitative estimate of drug-likeness (QED) is 0.502. The molecule has 0 aliphatic heterocycles. The molecule has 2 aromatic carbocycles. The molecule has 0 aliphatic carbocycles. The molecule has 3 N–H and O–H groups in total. The molecule has 1 aromatic heterocycles. The molecule has 0 spiro atoms. The van der Waals surface area contributed by atoms with E-state index in [9.17, 15) is 9.59 Å². The van der Waals surface area contributed by atoms with Crippen LogP contribution in [-0.4, -0.2) is 17.0 Å². The molecule has 2 amide bonds. The minimum atomic E-state index is -0.566. The Morgan fingerprint density at radius 1 is 1.04 bits per heavy atom. The Morgan fingerprint density at radius 3 is 2.42 bits per heavy atom. The van der Waals surface area contributed by atoms with Crippen molar-refractivity contribution in [1.82, 2.24) is 10.8 Å². The first-order valence-electron chi connectivity index (χ1n) is 7.42. The number of nitrogens with one attached hydrogen (secondary N) is 2. The van der Waals surface area contributed by atoms with Crippen molar-refractivity contribution < 1.29 is 14.8 Å². The summed E-state index contributed by atoms with van der Waals surface area (Å²) in [6, 6.07) is 16.3. The summed E-state index contributed by atoms with van der Waals surface area (Å²) in [5.41, 5.74) is 2.81. The molecule has 0 saturated heterocycles. The highest BCUT2D eigenvalue weighted by Crippen LogP contribution is 2.25. The lowest BCUT2D eigenvalue weighted by atomic mass is 10.1. The van der Waals surface area contributed by atoms with Gasteiger partial charge in [0.05, 0.1) is 10.9 Å². The van der Waals surface area contributed by atoms with E-state index in [-0.39, 0.29) is 11.9 Å². The zero-order valence-corrected chi connectivity index (χ0v) is 13.8. The van der Waals surface area contributed by atoms with Gasteiger partial charge in [-0.15, -0.1) is 11.3 Å². The standard InChI is InChI=1S/C18H16N2O3S/c1-11(12-6-8-13(9-7-12)17(21)20-23)19-18(22)16-10-14-4-2-3-5-15(14)24-16/h2-11,23H,1H3,(H,19,22)(H,20,21)/t11-/m1/s1. The number of amides is 2. The summed E-state index contributed by atoms with van der Waals surface area (Å²) >= 11 is 1.46. The Bertz CT molecular complexity index is 854. The van der Waals surface area contributed by atoms with Crippen molar-refractivity contribution in [3.8, 4) is 0 Å². The largest absolute Gasteiger partial charge is 0.345 e. The molecule has 0 bridgehead atoms. The van der Waals surface area contributed by atoms with E-state index in [1.54, 1.807) is 29.7 Å². The lowest BCUT2D eigenvalue weighted by Crippen LogP contribution is -2.26. The van der Waals surface area contributed by atoms with Crippen molar-refractivity contribution in [3.05, 3.63) is 70.6 Å². The maximum absolute atomic E-state index is 12.4. The van der Waals surface area contributed by atoms with Crippen molar-refractivity contribution in [2.75, 3.05) is 0 Å². The van der Waals surface area contributed by atoms with Gasteiger partial charge in [0.25, 0.3) is 11.8 Å². The van der Waals surface area contributed by atoms with Crippen molar-refractivity contribution in [1.29, 1.82) is 0 Å². The zero-order valence-electron chi connectivity index (χ0n) is 12.9. The van der Waals surface area contributed by atoms with E-state index >= 15 is 0 Å². The third-order valence-electron chi connectivity index (χ3n) is 3.77. The van der Waals surface area contributed by atoms with Crippen molar-refractivity contribution in [2.45, 2.75) is 13.0 Å². The first kappa shape index (κ1) is 16.2. The van der Waals surface area contributed by atoms with E-state index < -0.39 is 5.91 Å². The second-order valence-electron chi connectivity index (χ2n) is 5.41. The molecule has 1 heterocycles. The Labute approximate surface area is 142 Å².